The van der Waals surface area contributed by atoms with Crippen molar-refractivity contribution in [3.8, 4) is 0 Å². The molecule has 0 aliphatic carbocycles. The lowest BCUT2D eigenvalue weighted by Crippen LogP contribution is -2.94. The van der Waals surface area contributed by atoms with Crippen molar-refractivity contribution in [3.63, 3.8) is 0 Å². The molecule has 2 aromatic rings. The van der Waals surface area contributed by atoms with Crippen LogP contribution in [-0.2, 0) is 16.1 Å². The van der Waals surface area contributed by atoms with Gasteiger partial charge in [-0.25, -0.2) is 4.79 Å². The molecule has 0 spiro atoms. The van der Waals surface area contributed by atoms with Crippen LogP contribution >= 0.6 is 0 Å². The third-order valence-corrected chi connectivity index (χ3v) is 4.95. The second-order valence-electron chi connectivity index (χ2n) is 7.40. The monoisotopic (exact) mass is 367 g/mol. The summed E-state index contributed by atoms with van der Waals surface area (Å²) in [4.78, 5) is 27.2. The maximum atomic E-state index is 13.0. The summed E-state index contributed by atoms with van der Waals surface area (Å²) in [5.74, 6) is 0.101. The molecule has 0 fully saturated rings. The highest BCUT2D eigenvalue weighted by atomic mass is 16.5. The number of carbonyl (C=O) groups excluding carboxylic acids is 2. The Hall–Kier alpha value is -2.66. The number of nitrogens with zero attached hydrogens (tertiary/aromatic N) is 1. The fourth-order valence-electron chi connectivity index (χ4n) is 3.69. The second-order valence-corrected chi connectivity index (χ2v) is 7.40. The Morgan fingerprint density at radius 2 is 1.78 bits per heavy atom. The van der Waals surface area contributed by atoms with Crippen LogP contribution in [0.2, 0.25) is 0 Å². The molecule has 2 N–H and O–H groups in total. The average Bonchev–Trinajstić information content (AvgIpc) is 2.93. The van der Waals surface area contributed by atoms with Crippen LogP contribution in [0.4, 0.5) is 0 Å². The van der Waals surface area contributed by atoms with Crippen LogP contribution in [0, 0.1) is 5.92 Å². The number of nitrogens with two attached hydrogens (primary N) is 1. The first-order valence-electron chi connectivity index (χ1n) is 9.38. The number of hydrogen-bond donors (Lipinski definition) is 1. The summed E-state index contributed by atoms with van der Waals surface area (Å²) in [7, 11) is 1.42. The first-order chi connectivity index (χ1) is 13.0. The molecule has 0 radical (unpaired) electrons. The number of hydrogen-bond acceptors (Lipinski definition) is 3. The molecule has 1 aliphatic heterocycles. The molecule has 2 aromatic carbocycles. The van der Waals surface area contributed by atoms with Crippen molar-refractivity contribution in [1.82, 2.24) is 4.90 Å². The van der Waals surface area contributed by atoms with E-state index < -0.39 is 0 Å². The topological polar surface area (TPSA) is 63.2 Å². The number of amides is 1. The number of ether oxygens (including phenoxy) is 1. The van der Waals surface area contributed by atoms with Gasteiger partial charge in [-0.15, -0.1) is 0 Å². The number of quaternary nitrogens is 1. The zero-order valence-corrected chi connectivity index (χ0v) is 16.1. The Bertz CT molecular complexity index is 804. The molecule has 0 unspecified atom stereocenters. The van der Waals surface area contributed by atoms with E-state index in [0.717, 1.165) is 11.1 Å². The number of benzene rings is 2. The lowest BCUT2D eigenvalue weighted by Gasteiger charge is -2.27. The largest absolute Gasteiger partial charge is 0.465 e. The van der Waals surface area contributed by atoms with E-state index in [0.29, 0.717) is 24.4 Å². The van der Waals surface area contributed by atoms with Gasteiger partial charge in [0.25, 0.3) is 5.91 Å². The van der Waals surface area contributed by atoms with Crippen molar-refractivity contribution < 1.29 is 19.6 Å². The molecule has 0 saturated heterocycles. The van der Waals surface area contributed by atoms with Gasteiger partial charge in [0.1, 0.15) is 0 Å². The third-order valence-electron chi connectivity index (χ3n) is 4.95. The molecular formula is C22H27N2O3+. The highest BCUT2D eigenvalue weighted by molar-refractivity contribution is 5.98. The SMILES string of the molecule is COC(=O)[C@H](CC(C)C)[NH2+][C@H]1c2ccccc2C(=O)N1Cc1ccccc1. The van der Waals surface area contributed by atoms with E-state index in [1.165, 1.54) is 7.11 Å². The zero-order chi connectivity index (χ0) is 19.4. The maximum absolute atomic E-state index is 13.0. The van der Waals surface area contributed by atoms with Crippen LogP contribution < -0.4 is 5.32 Å². The maximum Gasteiger partial charge on any atom is 0.364 e. The average molecular weight is 367 g/mol. The van der Waals surface area contributed by atoms with Gasteiger partial charge in [0.2, 0.25) is 0 Å². The van der Waals surface area contributed by atoms with Crippen molar-refractivity contribution in [2.24, 2.45) is 5.92 Å². The lowest BCUT2D eigenvalue weighted by atomic mass is 10.0. The predicted octanol–water partition coefficient (Wildman–Crippen LogP) is 2.49. The summed E-state index contributed by atoms with van der Waals surface area (Å²) in [6.45, 7) is 4.67. The number of fused-ring (bicyclic) bond motifs is 1. The van der Waals surface area contributed by atoms with Gasteiger partial charge in [-0.05, 0) is 17.5 Å². The van der Waals surface area contributed by atoms with Crippen LogP contribution in [0.25, 0.3) is 0 Å². The second kappa shape index (κ2) is 8.35. The molecule has 0 bridgehead atoms. The first kappa shape index (κ1) is 19.1. The normalized spacial score (nSPS) is 17.1. The van der Waals surface area contributed by atoms with E-state index in [1.807, 2.05) is 64.8 Å². The van der Waals surface area contributed by atoms with Crippen LogP contribution in [0.15, 0.2) is 54.6 Å². The Kier molecular flexibility index (Phi) is 5.91. The highest BCUT2D eigenvalue weighted by Crippen LogP contribution is 2.30. The summed E-state index contributed by atoms with van der Waals surface area (Å²) in [6.07, 6.45) is 0.454. The molecule has 5 nitrogen and oxygen atoms in total. The van der Waals surface area contributed by atoms with Crippen molar-refractivity contribution >= 4 is 11.9 Å². The molecule has 1 aliphatic rings. The fraction of sp³-hybridized carbons (Fsp3) is 0.364. The highest BCUT2D eigenvalue weighted by Gasteiger charge is 2.42. The number of methoxy groups -OCH3 is 1. The number of carbonyl (C=O) groups is 2. The minimum atomic E-state index is -0.350. The molecule has 3 rings (SSSR count). The molecule has 2 atom stereocenters. The van der Waals surface area contributed by atoms with Gasteiger partial charge in [0.15, 0.2) is 12.2 Å². The molecule has 5 heteroatoms. The quantitative estimate of drug-likeness (QED) is 0.765. The van der Waals surface area contributed by atoms with E-state index in [2.05, 4.69) is 13.8 Å². The summed E-state index contributed by atoms with van der Waals surface area (Å²) in [6, 6.07) is 17.2. The van der Waals surface area contributed by atoms with Gasteiger partial charge in [0, 0.05) is 12.0 Å². The molecule has 1 amide bonds. The summed E-state index contributed by atoms with van der Waals surface area (Å²) >= 11 is 0. The lowest BCUT2D eigenvalue weighted by molar-refractivity contribution is -0.734. The molecule has 27 heavy (non-hydrogen) atoms. The summed E-state index contributed by atoms with van der Waals surface area (Å²) in [5, 5.41) is 1.98. The van der Waals surface area contributed by atoms with Gasteiger partial charge in [-0.3, -0.25) is 9.69 Å². The standard InChI is InChI=1S/C22H26N2O3/c1-15(2)13-19(22(26)27-3)23-20-17-11-7-8-12-18(17)21(25)24(20)14-16-9-5-4-6-10-16/h4-12,15,19-20,23H,13-14H2,1-3H3/p+1/t19-,20+/m0/s1. The fourth-order valence-corrected chi connectivity index (χ4v) is 3.69. The van der Waals surface area contributed by atoms with Gasteiger partial charge in [0.05, 0.1) is 19.2 Å². The molecule has 1 heterocycles. The van der Waals surface area contributed by atoms with Crippen molar-refractivity contribution in [2.45, 2.75) is 39.0 Å². The first-order valence-corrected chi connectivity index (χ1v) is 9.38. The summed E-state index contributed by atoms with van der Waals surface area (Å²) in [5.41, 5.74) is 2.73. The third kappa shape index (κ3) is 4.19. The molecule has 142 valence electrons. The van der Waals surface area contributed by atoms with Gasteiger partial charge >= 0.3 is 5.97 Å². The molecule has 0 saturated carbocycles. The van der Waals surface area contributed by atoms with E-state index in [4.69, 9.17) is 4.74 Å². The van der Waals surface area contributed by atoms with Crippen LogP contribution in [0.3, 0.4) is 0 Å². The Labute approximate surface area is 160 Å². The van der Waals surface area contributed by atoms with Crippen LogP contribution in [-0.4, -0.2) is 29.9 Å². The van der Waals surface area contributed by atoms with Crippen molar-refractivity contribution in [3.05, 3.63) is 71.3 Å². The van der Waals surface area contributed by atoms with Crippen LogP contribution in [0.1, 0.15) is 47.9 Å². The Morgan fingerprint density at radius 3 is 2.44 bits per heavy atom. The molecular weight excluding hydrogens is 340 g/mol. The minimum Gasteiger partial charge on any atom is -0.465 e. The summed E-state index contributed by atoms with van der Waals surface area (Å²) < 4.78 is 5.02. The van der Waals surface area contributed by atoms with E-state index in [1.54, 1.807) is 0 Å². The van der Waals surface area contributed by atoms with Gasteiger partial charge < -0.3 is 10.1 Å². The minimum absolute atomic E-state index is 0.00358. The van der Waals surface area contributed by atoms with Gasteiger partial charge in [-0.1, -0.05) is 62.4 Å². The van der Waals surface area contributed by atoms with E-state index in [-0.39, 0.29) is 24.1 Å². The van der Waals surface area contributed by atoms with Crippen molar-refractivity contribution in [2.75, 3.05) is 7.11 Å². The van der Waals surface area contributed by atoms with E-state index >= 15 is 0 Å². The van der Waals surface area contributed by atoms with E-state index in [9.17, 15) is 9.59 Å². The zero-order valence-electron chi connectivity index (χ0n) is 16.1. The smallest absolute Gasteiger partial charge is 0.364 e. The van der Waals surface area contributed by atoms with Crippen LogP contribution in [0.5, 0.6) is 0 Å². The molecule has 0 aromatic heterocycles. The predicted molar refractivity (Wildman–Crippen MR) is 103 cm³/mol. The number of esters is 1. The Balaban J connectivity index is 1.92. The number of rotatable bonds is 7. The Morgan fingerprint density at radius 1 is 1.11 bits per heavy atom. The van der Waals surface area contributed by atoms with Crippen molar-refractivity contribution in [1.29, 1.82) is 0 Å². The van der Waals surface area contributed by atoms with Gasteiger partial charge in [-0.2, -0.15) is 0 Å².